The predicted molar refractivity (Wildman–Crippen MR) is 90.3 cm³/mol. The Morgan fingerprint density at radius 1 is 1.00 bits per heavy atom. The maximum atomic E-state index is 12.8. The van der Waals surface area contributed by atoms with E-state index in [1.165, 1.54) is 0 Å². The zero-order valence-electron chi connectivity index (χ0n) is 12.5. The molecule has 0 N–H and O–H groups in total. The van der Waals surface area contributed by atoms with Crippen LogP contribution in [0.2, 0.25) is 5.02 Å². The lowest BCUT2D eigenvalue weighted by Crippen LogP contribution is -2.24. The van der Waals surface area contributed by atoms with Crippen LogP contribution in [0.15, 0.2) is 54.6 Å². The van der Waals surface area contributed by atoms with Crippen molar-refractivity contribution < 1.29 is 4.79 Å². The Morgan fingerprint density at radius 2 is 1.70 bits per heavy atom. The van der Waals surface area contributed by atoms with Gasteiger partial charge in [0.25, 0.3) is 5.91 Å². The van der Waals surface area contributed by atoms with E-state index in [1.807, 2.05) is 66.2 Å². The Hall–Kier alpha value is -2.59. The summed E-state index contributed by atoms with van der Waals surface area (Å²) in [7, 11) is 0. The standard InChI is InChI=1S/C18H14ClN3O/c1-12-17-16(22(20-12)15-9-7-13(19)8-10-15)11-21(18(17)23)14-5-3-2-4-6-14/h2-10H,11H2,1H3. The van der Waals surface area contributed by atoms with Crippen LogP contribution in [0, 0.1) is 6.92 Å². The summed E-state index contributed by atoms with van der Waals surface area (Å²) in [6, 6.07) is 17.2. The monoisotopic (exact) mass is 323 g/mol. The average molecular weight is 324 g/mol. The summed E-state index contributed by atoms with van der Waals surface area (Å²) >= 11 is 5.96. The summed E-state index contributed by atoms with van der Waals surface area (Å²) in [5, 5.41) is 5.21. The lowest BCUT2D eigenvalue weighted by atomic mass is 10.2. The zero-order valence-corrected chi connectivity index (χ0v) is 13.3. The van der Waals surface area contributed by atoms with E-state index in [0.717, 1.165) is 22.8 Å². The number of rotatable bonds is 2. The molecule has 5 heteroatoms. The SMILES string of the molecule is Cc1nn(-c2ccc(Cl)cc2)c2c1C(=O)N(c1ccccc1)C2. The number of hydrogen-bond acceptors (Lipinski definition) is 2. The van der Waals surface area contributed by atoms with E-state index in [4.69, 9.17) is 11.6 Å². The molecule has 0 fully saturated rings. The van der Waals surface area contributed by atoms with Crippen molar-refractivity contribution in [3.8, 4) is 5.69 Å². The molecular formula is C18H14ClN3O. The molecule has 0 radical (unpaired) electrons. The second kappa shape index (κ2) is 5.25. The van der Waals surface area contributed by atoms with Crippen LogP contribution in [0.5, 0.6) is 0 Å². The molecule has 1 aromatic heterocycles. The second-order valence-corrected chi connectivity index (χ2v) is 5.96. The molecule has 0 unspecified atom stereocenters. The van der Waals surface area contributed by atoms with Gasteiger partial charge in [0, 0.05) is 10.7 Å². The molecule has 23 heavy (non-hydrogen) atoms. The van der Waals surface area contributed by atoms with Crippen molar-refractivity contribution in [2.75, 3.05) is 4.90 Å². The Morgan fingerprint density at radius 3 is 2.39 bits per heavy atom. The highest BCUT2D eigenvalue weighted by atomic mass is 35.5. The van der Waals surface area contributed by atoms with Crippen LogP contribution in [0.25, 0.3) is 5.69 Å². The number of carbonyl (C=O) groups excluding carboxylic acids is 1. The molecular weight excluding hydrogens is 310 g/mol. The van der Waals surface area contributed by atoms with Gasteiger partial charge in [-0.15, -0.1) is 0 Å². The lowest BCUT2D eigenvalue weighted by Gasteiger charge is -2.16. The number of carbonyl (C=O) groups is 1. The number of aryl methyl sites for hydroxylation is 1. The van der Waals surface area contributed by atoms with Crippen LogP contribution in [0.3, 0.4) is 0 Å². The van der Waals surface area contributed by atoms with E-state index in [0.29, 0.717) is 17.1 Å². The minimum atomic E-state index is 0.00362. The summed E-state index contributed by atoms with van der Waals surface area (Å²) in [5.74, 6) is 0.00362. The van der Waals surface area contributed by atoms with Gasteiger partial charge < -0.3 is 4.90 Å². The Labute approximate surface area is 138 Å². The smallest absolute Gasteiger partial charge is 0.262 e. The van der Waals surface area contributed by atoms with Gasteiger partial charge in [0.2, 0.25) is 0 Å². The Kier molecular flexibility index (Phi) is 3.20. The molecule has 2 aromatic carbocycles. The van der Waals surface area contributed by atoms with Gasteiger partial charge in [-0.2, -0.15) is 5.10 Å². The maximum absolute atomic E-state index is 12.8. The molecule has 2 heterocycles. The average Bonchev–Trinajstić information content (AvgIpc) is 3.08. The molecule has 0 saturated heterocycles. The number of halogens is 1. The molecule has 4 nitrogen and oxygen atoms in total. The fraction of sp³-hybridized carbons (Fsp3) is 0.111. The first-order valence-electron chi connectivity index (χ1n) is 7.36. The van der Waals surface area contributed by atoms with Crippen molar-refractivity contribution in [3.63, 3.8) is 0 Å². The fourth-order valence-corrected chi connectivity index (χ4v) is 3.09. The summed E-state index contributed by atoms with van der Waals surface area (Å²) < 4.78 is 1.84. The van der Waals surface area contributed by atoms with E-state index >= 15 is 0 Å². The zero-order chi connectivity index (χ0) is 16.0. The first-order valence-corrected chi connectivity index (χ1v) is 7.74. The van der Waals surface area contributed by atoms with E-state index in [2.05, 4.69) is 5.10 Å². The van der Waals surface area contributed by atoms with E-state index in [1.54, 1.807) is 4.90 Å². The van der Waals surface area contributed by atoms with Crippen molar-refractivity contribution in [1.29, 1.82) is 0 Å². The largest absolute Gasteiger partial charge is 0.302 e. The van der Waals surface area contributed by atoms with Crippen LogP contribution in [-0.2, 0) is 6.54 Å². The molecule has 0 atom stereocenters. The highest BCUT2D eigenvalue weighted by molar-refractivity contribution is 6.30. The highest BCUT2D eigenvalue weighted by Crippen LogP contribution is 2.31. The molecule has 0 spiro atoms. The van der Waals surface area contributed by atoms with Crippen LogP contribution in [0.4, 0.5) is 5.69 Å². The van der Waals surface area contributed by atoms with E-state index < -0.39 is 0 Å². The predicted octanol–water partition coefficient (Wildman–Crippen LogP) is 3.99. The van der Waals surface area contributed by atoms with Crippen LogP contribution >= 0.6 is 11.6 Å². The number of benzene rings is 2. The van der Waals surface area contributed by atoms with Crippen LogP contribution < -0.4 is 4.90 Å². The third kappa shape index (κ3) is 2.23. The van der Waals surface area contributed by atoms with Gasteiger partial charge >= 0.3 is 0 Å². The number of para-hydroxylation sites is 1. The van der Waals surface area contributed by atoms with Gasteiger partial charge in [-0.25, -0.2) is 4.68 Å². The normalized spacial score (nSPS) is 13.5. The molecule has 1 aliphatic heterocycles. The van der Waals surface area contributed by atoms with Crippen molar-refractivity contribution in [2.24, 2.45) is 0 Å². The van der Waals surface area contributed by atoms with E-state index in [-0.39, 0.29) is 5.91 Å². The number of hydrogen-bond donors (Lipinski definition) is 0. The Balaban J connectivity index is 1.79. The molecule has 3 aromatic rings. The summed E-state index contributed by atoms with van der Waals surface area (Å²) in [5.41, 5.74) is 4.16. The molecule has 0 saturated carbocycles. The first kappa shape index (κ1) is 14.0. The maximum Gasteiger partial charge on any atom is 0.262 e. The topological polar surface area (TPSA) is 38.1 Å². The van der Waals surface area contributed by atoms with Gasteiger partial charge in [0.1, 0.15) is 0 Å². The summed E-state index contributed by atoms with van der Waals surface area (Å²) in [6.07, 6.45) is 0. The third-order valence-electron chi connectivity index (χ3n) is 4.06. The van der Waals surface area contributed by atoms with Crippen molar-refractivity contribution >= 4 is 23.2 Å². The van der Waals surface area contributed by atoms with Crippen molar-refractivity contribution in [2.45, 2.75) is 13.5 Å². The number of fused-ring (bicyclic) bond motifs is 1. The minimum absolute atomic E-state index is 0.00362. The Bertz CT molecular complexity index is 885. The molecule has 1 aliphatic rings. The molecule has 114 valence electrons. The van der Waals surface area contributed by atoms with Gasteiger partial charge in [-0.3, -0.25) is 4.79 Å². The van der Waals surface area contributed by atoms with E-state index in [9.17, 15) is 4.79 Å². The van der Waals surface area contributed by atoms with Crippen LogP contribution in [-0.4, -0.2) is 15.7 Å². The number of amides is 1. The molecule has 1 amide bonds. The van der Waals surface area contributed by atoms with Crippen molar-refractivity contribution in [3.05, 3.63) is 76.6 Å². The fourth-order valence-electron chi connectivity index (χ4n) is 2.97. The van der Waals surface area contributed by atoms with Gasteiger partial charge in [-0.1, -0.05) is 29.8 Å². The van der Waals surface area contributed by atoms with Crippen molar-refractivity contribution in [1.82, 2.24) is 9.78 Å². The number of nitrogens with zero attached hydrogens (tertiary/aromatic N) is 3. The number of anilines is 1. The third-order valence-corrected chi connectivity index (χ3v) is 4.31. The van der Waals surface area contributed by atoms with Gasteiger partial charge in [0.15, 0.2) is 0 Å². The van der Waals surface area contributed by atoms with Crippen LogP contribution in [0.1, 0.15) is 21.7 Å². The summed E-state index contributed by atoms with van der Waals surface area (Å²) in [4.78, 5) is 14.6. The quantitative estimate of drug-likeness (QED) is 0.715. The highest BCUT2D eigenvalue weighted by Gasteiger charge is 2.34. The number of aromatic nitrogens is 2. The van der Waals surface area contributed by atoms with Gasteiger partial charge in [-0.05, 0) is 43.3 Å². The molecule has 4 rings (SSSR count). The molecule has 0 aliphatic carbocycles. The minimum Gasteiger partial charge on any atom is -0.302 e. The summed E-state index contributed by atoms with van der Waals surface area (Å²) in [6.45, 7) is 2.39. The lowest BCUT2D eigenvalue weighted by molar-refractivity contribution is 0.0996. The second-order valence-electron chi connectivity index (χ2n) is 5.52. The molecule has 0 bridgehead atoms. The first-order chi connectivity index (χ1) is 11.1. The van der Waals surface area contributed by atoms with Gasteiger partial charge in [0.05, 0.1) is 29.2 Å².